The first-order valence-corrected chi connectivity index (χ1v) is 11.7. The second kappa shape index (κ2) is 9.36. The van der Waals surface area contributed by atoms with Crippen LogP contribution >= 0.6 is 11.6 Å². The second-order valence-corrected chi connectivity index (χ2v) is 9.26. The molecule has 0 spiro atoms. The zero-order valence-corrected chi connectivity index (χ0v) is 19.0. The minimum Gasteiger partial charge on any atom is -0.323 e. The van der Waals surface area contributed by atoms with E-state index < -0.39 is 10.0 Å². The predicted octanol–water partition coefficient (Wildman–Crippen LogP) is 4.23. The Kier molecular flexibility index (Phi) is 6.82. The van der Waals surface area contributed by atoms with E-state index in [1.807, 2.05) is 42.8 Å². The van der Waals surface area contributed by atoms with E-state index in [9.17, 15) is 13.2 Å². The van der Waals surface area contributed by atoms with Gasteiger partial charge in [0.15, 0.2) is 0 Å². The van der Waals surface area contributed by atoms with Gasteiger partial charge in [0.05, 0.1) is 18.5 Å². The summed E-state index contributed by atoms with van der Waals surface area (Å²) < 4.78 is 26.7. The fraction of sp³-hybridized carbons (Fsp3) is 0.182. The van der Waals surface area contributed by atoms with Crippen molar-refractivity contribution in [1.29, 1.82) is 0 Å². The molecule has 31 heavy (non-hydrogen) atoms. The molecular formula is C22H23ClN4O3S. The van der Waals surface area contributed by atoms with E-state index in [4.69, 9.17) is 11.6 Å². The van der Waals surface area contributed by atoms with Crippen LogP contribution in [0.5, 0.6) is 0 Å². The van der Waals surface area contributed by atoms with Gasteiger partial charge in [-0.3, -0.25) is 14.2 Å². The molecule has 3 rings (SSSR count). The van der Waals surface area contributed by atoms with Crippen LogP contribution in [0.1, 0.15) is 22.5 Å². The van der Waals surface area contributed by atoms with E-state index in [1.54, 1.807) is 30.3 Å². The quantitative estimate of drug-likeness (QED) is 0.518. The molecule has 1 aromatic heterocycles. The van der Waals surface area contributed by atoms with Crippen LogP contribution in [0, 0.1) is 13.8 Å². The summed E-state index contributed by atoms with van der Waals surface area (Å²) in [6.07, 6.45) is 4.25. The number of sulfonamides is 1. The lowest BCUT2D eigenvalue weighted by molar-refractivity contribution is -0.111. The fourth-order valence-corrected chi connectivity index (χ4v) is 3.83. The minimum absolute atomic E-state index is 0.304. The summed E-state index contributed by atoms with van der Waals surface area (Å²) >= 11 is 6.25. The van der Waals surface area contributed by atoms with Gasteiger partial charge in [0.2, 0.25) is 15.9 Å². The zero-order chi connectivity index (χ0) is 22.6. The third-order valence-electron chi connectivity index (χ3n) is 4.57. The Bertz CT molecular complexity index is 1230. The number of amides is 1. The second-order valence-electron chi connectivity index (χ2n) is 7.11. The Morgan fingerprint density at radius 1 is 1.10 bits per heavy atom. The monoisotopic (exact) mass is 458 g/mol. The van der Waals surface area contributed by atoms with E-state index in [2.05, 4.69) is 15.1 Å². The Morgan fingerprint density at radius 2 is 1.74 bits per heavy atom. The number of halogens is 1. The first-order chi connectivity index (χ1) is 14.6. The summed E-state index contributed by atoms with van der Waals surface area (Å²) in [7, 11) is -3.34. The van der Waals surface area contributed by atoms with Gasteiger partial charge in [0, 0.05) is 33.7 Å². The highest BCUT2D eigenvalue weighted by atomic mass is 35.5. The SMILES string of the molecule is Cc1nn(Cc2ccccc2Cl)c(C)c1/C=C/C(=O)Nc1ccc(NS(C)(=O)=O)cc1. The molecule has 0 saturated carbocycles. The molecule has 0 aliphatic rings. The van der Waals surface area contributed by atoms with Crippen molar-refractivity contribution in [2.75, 3.05) is 16.3 Å². The van der Waals surface area contributed by atoms with Crippen molar-refractivity contribution < 1.29 is 13.2 Å². The van der Waals surface area contributed by atoms with Crippen molar-refractivity contribution in [2.45, 2.75) is 20.4 Å². The number of nitrogens with one attached hydrogen (secondary N) is 2. The number of hydrogen-bond acceptors (Lipinski definition) is 4. The Balaban J connectivity index is 1.68. The van der Waals surface area contributed by atoms with Crippen LogP contribution in [0.2, 0.25) is 5.02 Å². The molecule has 0 saturated heterocycles. The highest BCUT2D eigenvalue weighted by Crippen LogP contribution is 2.20. The van der Waals surface area contributed by atoms with Crippen molar-refractivity contribution in [3.63, 3.8) is 0 Å². The maximum atomic E-state index is 12.3. The maximum absolute atomic E-state index is 12.3. The van der Waals surface area contributed by atoms with Crippen LogP contribution in [0.15, 0.2) is 54.6 Å². The van der Waals surface area contributed by atoms with Gasteiger partial charge in [-0.15, -0.1) is 0 Å². The van der Waals surface area contributed by atoms with Crippen LogP contribution in [0.3, 0.4) is 0 Å². The van der Waals surface area contributed by atoms with Gasteiger partial charge < -0.3 is 5.32 Å². The molecule has 2 aromatic carbocycles. The lowest BCUT2D eigenvalue weighted by atomic mass is 10.1. The van der Waals surface area contributed by atoms with Gasteiger partial charge in [0.1, 0.15) is 0 Å². The summed E-state index contributed by atoms with van der Waals surface area (Å²) in [6.45, 7) is 4.38. The molecule has 7 nitrogen and oxygen atoms in total. The van der Waals surface area contributed by atoms with Crippen molar-refractivity contribution in [1.82, 2.24) is 9.78 Å². The Labute approximate surface area is 186 Å². The lowest BCUT2D eigenvalue weighted by Crippen LogP contribution is -2.10. The number of anilines is 2. The number of carbonyl (C=O) groups excluding carboxylic acids is 1. The third kappa shape index (κ3) is 6.19. The molecule has 0 radical (unpaired) electrons. The molecule has 0 fully saturated rings. The largest absolute Gasteiger partial charge is 0.323 e. The molecule has 0 atom stereocenters. The van der Waals surface area contributed by atoms with Crippen LogP contribution in [-0.2, 0) is 21.4 Å². The molecule has 0 aliphatic heterocycles. The van der Waals surface area contributed by atoms with Crippen LogP contribution in [0.4, 0.5) is 11.4 Å². The summed E-state index contributed by atoms with van der Waals surface area (Å²) in [4.78, 5) is 12.3. The molecule has 3 aromatic rings. The standard InChI is InChI=1S/C22H23ClN4O3S/c1-15-20(16(2)27(25-15)14-17-6-4-5-7-21(17)23)12-13-22(28)24-18-8-10-19(11-9-18)26-31(3,29)30/h4-13,26H,14H2,1-3H3,(H,24,28)/b13-12+. The molecule has 2 N–H and O–H groups in total. The molecular weight excluding hydrogens is 436 g/mol. The summed E-state index contributed by atoms with van der Waals surface area (Å²) in [5.74, 6) is -0.304. The topological polar surface area (TPSA) is 93.1 Å². The number of nitrogens with zero attached hydrogens (tertiary/aromatic N) is 2. The van der Waals surface area contributed by atoms with E-state index >= 15 is 0 Å². The van der Waals surface area contributed by atoms with Crippen LogP contribution < -0.4 is 10.0 Å². The normalized spacial score (nSPS) is 11.6. The van der Waals surface area contributed by atoms with Gasteiger partial charge in [-0.25, -0.2) is 8.42 Å². The van der Waals surface area contributed by atoms with Gasteiger partial charge >= 0.3 is 0 Å². The van der Waals surface area contributed by atoms with E-state index in [0.29, 0.717) is 22.9 Å². The highest BCUT2D eigenvalue weighted by Gasteiger charge is 2.11. The van der Waals surface area contributed by atoms with Crippen molar-refractivity contribution in [3.05, 3.63) is 82.1 Å². The van der Waals surface area contributed by atoms with Crippen molar-refractivity contribution >= 4 is 45.0 Å². The van der Waals surface area contributed by atoms with Crippen molar-refractivity contribution in [2.24, 2.45) is 0 Å². The summed E-state index contributed by atoms with van der Waals surface area (Å²) in [5.41, 5.74) is 4.55. The molecule has 162 valence electrons. The fourth-order valence-electron chi connectivity index (χ4n) is 3.07. The van der Waals surface area contributed by atoms with Gasteiger partial charge in [0.25, 0.3) is 0 Å². The first-order valence-electron chi connectivity index (χ1n) is 9.47. The smallest absolute Gasteiger partial charge is 0.248 e. The average molecular weight is 459 g/mol. The van der Waals surface area contributed by atoms with Gasteiger partial charge in [-0.2, -0.15) is 5.10 Å². The average Bonchev–Trinajstić information content (AvgIpc) is 2.95. The number of aromatic nitrogens is 2. The van der Waals surface area contributed by atoms with Gasteiger partial charge in [-0.1, -0.05) is 29.8 Å². The maximum Gasteiger partial charge on any atom is 0.248 e. The molecule has 1 amide bonds. The highest BCUT2D eigenvalue weighted by molar-refractivity contribution is 7.92. The number of hydrogen-bond donors (Lipinski definition) is 2. The molecule has 9 heteroatoms. The molecule has 0 bridgehead atoms. The zero-order valence-electron chi connectivity index (χ0n) is 17.4. The Morgan fingerprint density at radius 3 is 2.39 bits per heavy atom. The first kappa shape index (κ1) is 22.6. The Hall–Kier alpha value is -3.10. The lowest BCUT2D eigenvalue weighted by Gasteiger charge is -2.07. The summed E-state index contributed by atoms with van der Waals surface area (Å²) in [6, 6.07) is 14.0. The molecule has 0 unspecified atom stereocenters. The third-order valence-corrected chi connectivity index (χ3v) is 5.55. The molecule has 1 heterocycles. The number of benzene rings is 2. The molecule has 0 aliphatic carbocycles. The van der Waals surface area contributed by atoms with Gasteiger partial charge in [-0.05, 0) is 55.8 Å². The number of rotatable bonds is 7. The van der Waals surface area contributed by atoms with E-state index in [0.717, 1.165) is 28.8 Å². The van der Waals surface area contributed by atoms with E-state index in [-0.39, 0.29) is 5.91 Å². The number of carbonyl (C=O) groups is 1. The number of aryl methyl sites for hydroxylation is 1. The summed E-state index contributed by atoms with van der Waals surface area (Å²) in [5, 5.41) is 8.00. The minimum atomic E-state index is -3.34. The predicted molar refractivity (Wildman–Crippen MR) is 125 cm³/mol. The van der Waals surface area contributed by atoms with E-state index in [1.165, 1.54) is 6.08 Å². The van der Waals surface area contributed by atoms with Crippen LogP contribution in [-0.4, -0.2) is 30.4 Å². The van der Waals surface area contributed by atoms with Crippen molar-refractivity contribution in [3.8, 4) is 0 Å². The van der Waals surface area contributed by atoms with Crippen LogP contribution in [0.25, 0.3) is 6.08 Å².